The SMILES string of the molecule is O=C(NC(Cc1ccc(OC2CC2)c(Cl)c1)CN1CCCC1)C1CCN(c2ccc3ccccc3c2)C1. The van der Waals surface area contributed by atoms with Crippen LogP contribution in [0.25, 0.3) is 10.8 Å². The van der Waals surface area contributed by atoms with Gasteiger partial charge in [0, 0.05) is 31.4 Å². The second-order valence-corrected chi connectivity index (χ2v) is 11.4. The third-order valence-electron chi connectivity index (χ3n) is 7.98. The van der Waals surface area contributed by atoms with Crippen molar-refractivity contribution in [3.63, 3.8) is 0 Å². The van der Waals surface area contributed by atoms with E-state index >= 15 is 0 Å². The fourth-order valence-corrected chi connectivity index (χ4v) is 6.00. The molecule has 2 aliphatic heterocycles. The molecule has 1 amide bonds. The fourth-order valence-electron chi connectivity index (χ4n) is 5.76. The first-order valence-electron chi connectivity index (χ1n) is 13.8. The minimum atomic E-state index is 0.00505. The molecule has 0 bridgehead atoms. The maximum absolute atomic E-state index is 13.5. The van der Waals surface area contributed by atoms with Crippen molar-refractivity contribution in [2.45, 2.75) is 50.7 Å². The number of benzene rings is 3. The van der Waals surface area contributed by atoms with Crippen LogP contribution in [0.15, 0.2) is 60.7 Å². The molecule has 1 saturated carbocycles. The van der Waals surface area contributed by atoms with E-state index in [1.54, 1.807) is 0 Å². The summed E-state index contributed by atoms with van der Waals surface area (Å²) in [6, 6.07) is 21.2. The molecule has 3 fully saturated rings. The maximum Gasteiger partial charge on any atom is 0.225 e. The third-order valence-corrected chi connectivity index (χ3v) is 8.27. The molecule has 2 atom stereocenters. The Morgan fingerprint density at radius 1 is 0.973 bits per heavy atom. The second kappa shape index (κ2) is 10.9. The minimum absolute atomic E-state index is 0.00505. The molecule has 6 rings (SSSR count). The van der Waals surface area contributed by atoms with Gasteiger partial charge in [-0.15, -0.1) is 0 Å². The number of nitrogens with one attached hydrogen (secondary N) is 1. The van der Waals surface area contributed by atoms with Crippen LogP contribution in [0.5, 0.6) is 5.75 Å². The lowest BCUT2D eigenvalue weighted by Gasteiger charge is -2.26. The van der Waals surface area contributed by atoms with Gasteiger partial charge in [-0.05, 0) is 92.2 Å². The van der Waals surface area contributed by atoms with E-state index in [1.165, 1.54) is 29.3 Å². The van der Waals surface area contributed by atoms with Crippen molar-refractivity contribution in [3.8, 4) is 5.75 Å². The summed E-state index contributed by atoms with van der Waals surface area (Å²) in [4.78, 5) is 18.3. The van der Waals surface area contributed by atoms with Crippen molar-refractivity contribution in [1.29, 1.82) is 0 Å². The summed E-state index contributed by atoms with van der Waals surface area (Å²) in [5, 5.41) is 6.58. The maximum atomic E-state index is 13.5. The van der Waals surface area contributed by atoms with Crippen LogP contribution in [0.4, 0.5) is 5.69 Å². The number of fused-ring (bicyclic) bond motifs is 1. The van der Waals surface area contributed by atoms with Gasteiger partial charge in [-0.1, -0.05) is 48.0 Å². The molecule has 1 aliphatic carbocycles. The van der Waals surface area contributed by atoms with Gasteiger partial charge in [-0.2, -0.15) is 0 Å². The number of carbonyl (C=O) groups is 1. The zero-order valence-corrected chi connectivity index (χ0v) is 22.1. The second-order valence-electron chi connectivity index (χ2n) is 11.0. The number of hydrogen-bond donors (Lipinski definition) is 1. The van der Waals surface area contributed by atoms with Crippen molar-refractivity contribution in [3.05, 3.63) is 71.2 Å². The van der Waals surface area contributed by atoms with Crippen molar-refractivity contribution in [1.82, 2.24) is 10.2 Å². The van der Waals surface area contributed by atoms with Crippen LogP contribution in [0.1, 0.15) is 37.7 Å². The van der Waals surface area contributed by atoms with Gasteiger partial charge in [0.2, 0.25) is 5.91 Å². The molecule has 5 nitrogen and oxygen atoms in total. The number of likely N-dealkylation sites (tertiary alicyclic amines) is 1. The fraction of sp³-hybridized carbons (Fsp3) is 0.452. The van der Waals surface area contributed by atoms with E-state index in [9.17, 15) is 4.79 Å². The van der Waals surface area contributed by atoms with E-state index in [4.69, 9.17) is 16.3 Å². The predicted octanol–water partition coefficient (Wildman–Crippen LogP) is 5.68. The molecule has 0 spiro atoms. The van der Waals surface area contributed by atoms with Gasteiger partial charge in [-0.25, -0.2) is 0 Å². The van der Waals surface area contributed by atoms with Gasteiger partial charge in [-0.3, -0.25) is 4.79 Å². The molecule has 1 N–H and O–H groups in total. The number of ether oxygens (including phenoxy) is 1. The molecule has 2 heterocycles. The highest BCUT2D eigenvalue weighted by atomic mass is 35.5. The molecular formula is C31H36ClN3O2. The summed E-state index contributed by atoms with van der Waals surface area (Å²) < 4.78 is 5.91. The summed E-state index contributed by atoms with van der Waals surface area (Å²) in [5.74, 6) is 0.950. The normalized spacial score (nSPS) is 20.9. The molecule has 0 aromatic heterocycles. The lowest BCUT2D eigenvalue weighted by atomic mass is 10.0. The number of nitrogens with zero attached hydrogens (tertiary/aromatic N) is 2. The van der Waals surface area contributed by atoms with E-state index in [-0.39, 0.29) is 17.9 Å². The molecule has 37 heavy (non-hydrogen) atoms. The van der Waals surface area contributed by atoms with Gasteiger partial charge >= 0.3 is 0 Å². The third kappa shape index (κ3) is 6.05. The smallest absolute Gasteiger partial charge is 0.225 e. The summed E-state index contributed by atoms with van der Waals surface area (Å²) in [6.45, 7) is 4.77. The average molecular weight is 518 g/mol. The highest BCUT2D eigenvalue weighted by molar-refractivity contribution is 6.32. The Bertz CT molecular complexity index is 1250. The standard InChI is InChI=1S/C31H36ClN3O2/c32-29-18-22(7-12-30(29)37-28-10-11-28)17-26(21-34-14-3-4-15-34)33-31(36)25-13-16-35(20-25)27-9-8-23-5-1-2-6-24(23)19-27/h1-2,5-9,12,18-19,25-26,28H,3-4,10-11,13-17,20-21H2,(H,33,36). The van der Waals surface area contributed by atoms with Crippen LogP contribution >= 0.6 is 11.6 Å². The van der Waals surface area contributed by atoms with Crippen LogP contribution in [0, 0.1) is 5.92 Å². The van der Waals surface area contributed by atoms with Crippen LogP contribution in [-0.2, 0) is 11.2 Å². The quantitative estimate of drug-likeness (QED) is 0.396. The molecule has 3 aliphatic rings. The van der Waals surface area contributed by atoms with E-state index in [1.807, 2.05) is 12.1 Å². The van der Waals surface area contributed by atoms with E-state index in [0.717, 1.165) is 69.7 Å². The zero-order chi connectivity index (χ0) is 25.2. The number of carbonyl (C=O) groups excluding carboxylic acids is 1. The summed E-state index contributed by atoms with van der Waals surface area (Å²) in [7, 11) is 0. The van der Waals surface area contributed by atoms with Crippen LogP contribution in [0.2, 0.25) is 5.02 Å². The number of anilines is 1. The van der Waals surface area contributed by atoms with Gasteiger partial charge in [0.1, 0.15) is 5.75 Å². The Morgan fingerprint density at radius 2 is 1.78 bits per heavy atom. The van der Waals surface area contributed by atoms with E-state index in [0.29, 0.717) is 11.1 Å². The van der Waals surface area contributed by atoms with Crippen molar-refractivity contribution in [2.75, 3.05) is 37.6 Å². The van der Waals surface area contributed by atoms with Crippen molar-refractivity contribution >= 4 is 34.0 Å². The Hall–Kier alpha value is -2.76. The number of halogens is 1. The minimum Gasteiger partial charge on any atom is -0.489 e. The monoisotopic (exact) mass is 517 g/mol. The molecule has 6 heteroatoms. The molecule has 3 aromatic carbocycles. The van der Waals surface area contributed by atoms with Crippen molar-refractivity contribution < 1.29 is 9.53 Å². The zero-order valence-electron chi connectivity index (χ0n) is 21.4. The first-order chi connectivity index (χ1) is 18.1. The van der Waals surface area contributed by atoms with E-state index < -0.39 is 0 Å². The molecule has 2 unspecified atom stereocenters. The number of rotatable bonds is 9. The largest absolute Gasteiger partial charge is 0.489 e. The van der Waals surface area contributed by atoms with Crippen molar-refractivity contribution in [2.24, 2.45) is 5.92 Å². The van der Waals surface area contributed by atoms with Gasteiger partial charge < -0.3 is 19.9 Å². The molecule has 2 saturated heterocycles. The van der Waals surface area contributed by atoms with Crippen LogP contribution < -0.4 is 15.0 Å². The highest BCUT2D eigenvalue weighted by Gasteiger charge is 2.31. The molecule has 0 radical (unpaired) electrons. The van der Waals surface area contributed by atoms with Gasteiger partial charge in [0.05, 0.1) is 17.0 Å². The molecular weight excluding hydrogens is 482 g/mol. The first-order valence-corrected chi connectivity index (χ1v) is 14.2. The molecule has 3 aromatic rings. The summed E-state index contributed by atoms with van der Waals surface area (Å²) in [6.07, 6.45) is 6.68. The summed E-state index contributed by atoms with van der Waals surface area (Å²) >= 11 is 6.55. The topological polar surface area (TPSA) is 44.8 Å². The van der Waals surface area contributed by atoms with E-state index in [2.05, 4.69) is 63.6 Å². The van der Waals surface area contributed by atoms with Crippen LogP contribution in [0.3, 0.4) is 0 Å². The van der Waals surface area contributed by atoms with Crippen LogP contribution in [-0.4, -0.2) is 55.7 Å². The first kappa shape index (κ1) is 24.6. The number of amides is 1. The average Bonchev–Trinajstić information content (AvgIpc) is 3.34. The predicted molar refractivity (Wildman–Crippen MR) is 151 cm³/mol. The lowest BCUT2D eigenvalue weighted by molar-refractivity contribution is -0.125. The Kier molecular flexibility index (Phi) is 7.25. The Balaban J connectivity index is 1.11. The number of hydrogen-bond acceptors (Lipinski definition) is 4. The van der Waals surface area contributed by atoms with Gasteiger partial charge in [0.15, 0.2) is 0 Å². The Morgan fingerprint density at radius 3 is 2.57 bits per heavy atom. The lowest BCUT2D eigenvalue weighted by Crippen LogP contribution is -2.46. The molecule has 194 valence electrons. The highest BCUT2D eigenvalue weighted by Crippen LogP contribution is 2.33. The van der Waals surface area contributed by atoms with Gasteiger partial charge in [0.25, 0.3) is 0 Å². The Labute approximate surface area is 224 Å². The summed E-state index contributed by atoms with van der Waals surface area (Å²) in [5.41, 5.74) is 2.34.